The van der Waals surface area contributed by atoms with Gasteiger partial charge in [0.25, 0.3) is 0 Å². The molecule has 0 saturated carbocycles. The molecule has 0 radical (unpaired) electrons. The molecule has 1 unspecified atom stereocenters. The van der Waals surface area contributed by atoms with Gasteiger partial charge in [-0.1, -0.05) is 17.7 Å². The Kier molecular flexibility index (Phi) is 5.49. The Balaban J connectivity index is 3.00. The van der Waals surface area contributed by atoms with Crippen LogP contribution in [-0.4, -0.2) is 17.2 Å². The van der Waals surface area contributed by atoms with Gasteiger partial charge in [-0.3, -0.25) is 0 Å². The van der Waals surface area contributed by atoms with Crippen molar-refractivity contribution in [1.29, 1.82) is 0 Å². The van der Waals surface area contributed by atoms with Crippen LogP contribution < -0.4 is 4.74 Å². The van der Waals surface area contributed by atoms with Crippen LogP contribution in [0.1, 0.15) is 6.42 Å². The molecular formula is C11H9Br2ClO3. The first-order valence-electron chi connectivity index (χ1n) is 4.60. The Morgan fingerprint density at radius 2 is 2.06 bits per heavy atom. The van der Waals surface area contributed by atoms with E-state index in [-0.39, 0.29) is 6.42 Å². The van der Waals surface area contributed by atoms with E-state index in [9.17, 15) is 4.79 Å². The van der Waals surface area contributed by atoms with Gasteiger partial charge in [0, 0.05) is 11.4 Å². The van der Waals surface area contributed by atoms with Crippen molar-refractivity contribution >= 4 is 49.4 Å². The van der Waals surface area contributed by atoms with Gasteiger partial charge in [-0.2, -0.15) is 0 Å². The van der Waals surface area contributed by atoms with E-state index >= 15 is 0 Å². The number of hydrogen-bond acceptors (Lipinski definition) is 2. The molecule has 0 heterocycles. The molecule has 3 nitrogen and oxygen atoms in total. The Bertz CT molecular complexity index is 425. The summed E-state index contributed by atoms with van der Waals surface area (Å²) in [6.07, 6.45) is 0.745. The van der Waals surface area contributed by atoms with Crippen LogP contribution in [0.25, 0.3) is 0 Å². The van der Waals surface area contributed by atoms with Gasteiger partial charge in [0.2, 0.25) is 0 Å². The number of carbonyl (C=O) groups is 1. The largest absolute Gasteiger partial charge is 0.478 e. The minimum Gasteiger partial charge on any atom is -0.478 e. The Hall–Kier alpha value is -0.520. The van der Waals surface area contributed by atoms with E-state index in [2.05, 4.69) is 38.4 Å². The molecule has 0 aliphatic carbocycles. The molecule has 17 heavy (non-hydrogen) atoms. The second kappa shape index (κ2) is 6.42. The number of ether oxygens (including phenoxy) is 1. The number of carboxylic acids is 1. The molecule has 0 fully saturated rings. The van der Waals surface area contributed by atoms with Crippen molar-refractivity contribution in [2.24, 2.45) is 0 Å². The zero-order chi connectivity index (χ0) is 13.0. The van der Waals surface area contributed by atoms with E-state index in [1.54, 1.807) is 12.1 Å². The summed E-state index contributed by atoms with van der Waals surface area (Å²) in [6.45, 7) is 3.50. The molecule has 0 amide bonds. The summed E-state index contributed by atoms with van der Waals surface area (Å²) < 4.78 is 6.59. The van der Waals surface area contributed by atoms with Crippen LogP contribution in [0.3, 0.4) is 0 Å². The Morgan fingerprint density at radius 1 is 1.53 bits per heavy atom. The molecule has 1 atom stereocenters. The van der Waals surface area contributed by atoms with Crippen molar-refractivity contribution in [3.63, 3.8) is 0 Å². The molecule has 6 heteroatoms. The molecule has 0 aromatic heterocycles. The number of benzene rings is 1. The minimum absolute atomic E-state index is 0.219. The van der Waals surface area contributed by atoms with Gasteiger partial charge in [-0.15, -0.1) is 6.58 Å². The summed E-state index contributed by atoms with van der Waals surface area (Å²) in [4.78, 5) is 11.0. The first-order valence-corrected chi connectivity index (χ1v) is 6.57. The molecule has 92 valence electrons. The summed E-state index contributed by atoms with van der Waals surface area (Å²) in [7, 11) is 0. The lowest BCUT2D eigenvalue weighted by Gasteiger charge is -2.16. The second-order valence-electron chi connectivity index (χ2n) is 3.17. The molecule has 1 aromatic rings. The van der Waals surface area contributed by atoms with E-state index < -0.39 is 12.1 Å². The average Bonchev–Trinajstić information content (AvgIpc) is 2.21. The highest BCUT2D eigenvalue weighted by Gasteiger charge is 2.20. The van der Waals surface area contributed by atoms with Crippen LogP contribution in [-0.2, 0) is 4.79 Å². The standard InChI is InChI=1S/C11H9Br2ClO3/c1-2-3-9(11(15)16)17-10-7(12)4-6(14)5-8(10)13/h2,4-5,9H,1,3H2,(H,15,16). The first kappa shape index (κ1) is 14.5. The molecule has 1 aromatic carbocycles. The maximum Gasteiger partial charge on any atom is 0.345 e. The molecule has 1 rings (SSSR count). The highest BCUT2D eigenvalue weighted by molar-refractivity contribution is 9.11. The molecule has 0 bridgehead atoms. The van der Waals surface area contributed by atoms with Crippen molar-refractivity contribution in [1.82, 2.24) is 0 Å². The predicted molar refractivity (Wildman–Crippen MR) is 73.7 cm³/mol. The molecule has 0 saturated heterocycles. The minimum atomic E-state index is -1.04. The van der Waals surface area contributed by atoms with Crippen molar-refractivity contribution in [3.8, 4) is 5.75 Å². The zero-order valence-electron chi connectivity index (χ0n) is 8.62. The van der Waals surface area contributed by atoms with E-state index in [1.165, 1.54) is 6.08 Å². The summed E-state index contributed by atoms with van der Waals surface area (Å²) >= 11 is 12.4. The highest BCUT2D eigenvalue weighted by Crippen LogP contribution is 2.37. The second-order valence-corrected chi connectivity index (χ2v) is 5.31. The summed E-state index contributed by atoms with van der Waals surface area (Å²) in [5, 5.41) is 9.49. The summed E-state index contributed by atoms with van der Waals surface area (Å²) in [5.41, 5.74) is 0. The monoisotopic (exact) mass is 382 g/mol. The van der Waals surface area contributed by atoms with Crippen molar-refractivity contribution in [2.45, 2.75) is 12.5 Å². The number of hydrogen-bond donors (Lipinski definition) is 1. The van der Waals surface area contributed by atoms with Gasteiger partial charge in [-0.05, 0) is 44.0 Å². The lowest BCUT2D eigenvalue weighted by molar-refractivity contribution is -0.144. The lowest BCUT2D eigenvalue weighted by Crippen LogP contribution is -2.26. The van der Waals surface area contributed by atoms with Crippen LogP contribution >= 0.6 is 43.5 Å². The number of aliphatic carboxylic acids is 1. The van der Waals surface area contributed by atoms with E-state index in [0.29, 0.717) is 19.7 Å². The van der Waals surface area contributed by atoms with Crippen molar-refractivity contribution in [3.05, 3.63) is 38.8 Å². The van der Waals surface area contributed by atoms with Crippen LogP contribution in [0.15, 0.2) is 33.7 Å². The summed E-state index contributed by atoms with van der Waals surface area (Å²) in [6, 6.07) is 3.27. The number of rotatable bonds is 5. The van der Waals surface area contributed by atoms with Gasteiger partial charge in [-0.25, -0.2) is 4.79 Å². The molecule has 0 spiro atoms. The highest BCUT2D eigenvalue weighted by atomic mass is 79.9. The van der Waals surface area contributed by atoms with Crippen LogP contribution in [0.4, 0.5) is 0 Å². The van der Waals surface area contributed by atoms with Crippen LogP contribution in [0, 0.1) is 0 Å². The fraction of sp³-hybridized carbons (Fsp3) is 0.182. The maximum absolute atomic E-state index is 11.0. The molecule has 1 N–H and O–H groups in total. The SMILES string of the molecule is C=CCC(Oc1c(Br)cc(Cl)cc1Br)C(=O)O. The van der Waals surface area contributed by atoms with Crippen LogP contribution in [0.2, 0.25) is 5.02 Å². The van der Waals surface area contributed by atoms with E-state index in [1.807, 2.05) is 0 Å². The third-order valence-electron chi connectivity index (χ3n) is 1.88. The summed E-state index contributed by atoms with van der Waals surface area (Å²) in [5.74, 6) is -0.637. The van der Waals surface area contributed by atoms with Gasteiger partial charge in [0.05, 0.1) is 8.95 Å². The topological polar surface area (TPSA) is 46.5 Å². The smallest absolute Gasteiger partial charge is 0.345 e. The number of carboxylic acid groups (broad SMARTS) is 1. The van der Waals surface area contributed by atoms with Gasteiger partial charge >= 0.3 is 5.97 Å². The predicted octanol–water partition coefficient (Wildman–Crippen LogP) is 4.27. The van der Waals surface area contributed by atoms with Gasteiger partial charge in [0.15, 0.2) is 6.10 Å². The maximum atomic E-state index is 11.0. The fourth-order valence-corrected chi connectivity index (χ4v) is 2.99. The molecular weight excluding hydrogens is 375 g/mol. The van der Waals surface area contributed by atoms with Gasteiger partial charge < -0.3 is 9.84 Å². The third-order valence-corrected chi connectivity index (χ3v) is 3.28. The van der Waals surface area contributed by atoms with E-state index in [0.717, 1.165) is 0 Å². The third kappa shape index (κ3) is 4.01. The zero-order valence-corrected chi connectivity index (χ0v) is 12.5. The Labute approximate surface area is 121 Å². The quantitative estimate of drug-likeness (QED) is 0.771. The van der Waals surface area contributed by atoms with E-state index in [4.69, 9.17) is 21.4 Å². The normalized spacial score (nSPS) is 11.9. The van der Waals surface area contributed by atoms with Crippen molar-refractivity contribution in [2.75, 3.05) is 0 Å². The fourth-order valence-electron chi connectivity index (χ4n) is 1.13. The lowest BCUT2D eigenvalue weighted by atomic mass is 10.2. The average molecular weight is 384 g/mol. The number of halogens is 3. The van der Waals surface area contributed by atoms with Crippen LogP contribution in [0.5, 0.6) is 5.75 Å². The van der Waals surface area contributed by atoms with Gasteiger partial charge in [0.1, 0.15) is 5.75 Å². The molecule has 0 aliphatic heterocycles. The molecule has 0 aliphatic rings. The first-order chi connectivity index (χ1) is 7.95. The van der Waals surface area contributed by atoms with Crippen molar-refractivity contribution < 1.29 is 14.6 Å². The Morgan fingerprint density at radius 3 is 2.47 bits per heavy atom.